The molecule has 2 aromatic rings. The molecule has 1 amide bonds. The molecule has 0 aliphatic carbocycles. The van der Waals surface area contributed by atoms with Gasteiger partial charge in [-0.3, -0.25) is 4.79 Å². The van der Waals surface area contributed by atoms with Crippen LogP contribution in [0.15, 0.2) is 24.5 Å². The summed E-state index contributed by atoms with van der Waals surface area (Å²) in [6.45, 7) is 1.48. The Morgan fingerprint density at radius 2 is 2.38 bits per heavy atom. The maximum absolute atomic E-state index is 12.3. The molecule has 1 aromatic heterocycles. The van der Waals surface area contributed by atoms with Crippen molar-refractivity contribution in [3.8, 4) is 0 Å². The van der Waals surface area contributed by atoms with E-state index in [2.05, 4.69) is 26.9 Å². The Bertz CT molecular complexity index is 649. The van der Waals surface area contributed by atoms with E-state index in [0.717, 1.165) is 36.5 Å². The van der Waals surface area contributed by atoms with E-state index in [4.69, 9.17) is 0 Å². The third-order valence-electron chi connectivity index (χ3n) is 3.76. The fourth-order valence-electron chi connectivity index (χ4n) is 2.62. The van der Waals surface area contributed by atoms with Crippen LogP contribution in [0.2, 0.25) is 0 Å². The topological polar surface area (TPSA) is 71.8 Å². The number of hydrogen-bond donors (Lipinski definition) is 2. The summed E-state index contributed by atoms with van der Waals surface area (Å²) in [5.74, 6) is 0.826. The van der Waals surface area contributed by atoms with Crippen LogP contribution in [0.5, 0.6) is 0 Å². The number of aryl methyl sites for hydroxylation is 2. The van der Waals surface area contributed by atoms with Crippen molar-refractivity contribution in [2.75, 3.05) is 18.4 Å². The first-order valence-electron chi connectivity index (χ1n) is 7.22. The number of amides is 1. The zero-order valence-electron chi connectivity index (χ0n) is 12.1. The summed E-state index contributed by atoms with van der Waals surface area (Å²) in [7, 11) is 1.90. The van der Waals surface area contributed by atoms with E-state index in [1.54, 1.807) is 6.33 Å². The van der Waals surface area contributed by atoms with Crippen LogP contribution >= 0.6 is 0 Å². The predicted molar refractivity (Wildman–Crippen MR) is 80.3 cm³/mol. The molecular formula is C15H19N5O. The van der Waals surface area contributed by atoms with Crippen molar-refractivity contribution < 1.29 is 4.79 Å². The molecule has 21 heavy (non-hydrogen) atoms. The summed E-state index contributed by atoms with van der Waals surface area (Å²) in [4.78, 5) is 12.3. The summed E-state index contributed by atoms with van der Waals surface area (Å²) in [5.41, 5.74) is 2.94. The molecule has 1 aliphatic heterocycles. The van der Waals surface area contributed by atoms with Crippen LogP contribution in [-0.2, 0) is 19.9 Å². The molecule has 110 valence electrons. The lowest BCUT2D eigenvalue weighted by atomic mass is 9.99. The Kier molecular flexibility index (Phi) is 3.85. The van der Waals surface area contributed by atoms with Gasteiger partial charge in [-0.15, -0.1) is 10.2 Å². The first-order valence-corrected chi connectivity index (χ1v) is 7.22. The normalized spacial score (nSPS) is 13.4. The third-order valence-corrected chi connectivity index (χ3v) is 3.76. The summed E-state index contributed by atoms with van der Waals surface area (Å²) in [6.07, 6.45) is 4.48. The summed E-state index contributed by atoms with van der Waals surface area (Å²) < 4.78 is 1.86. The zero-order valence-corrected chi connectivity index (χ0v) is 12.1. The highest BCUT2D eigenvalue weighted by molar-refractivity contribution is 6.00. The lowest BCUT2D eigenvalue weighted by molar-refractivity contribution is 0.0954. The number of nitrogens with one attached hydrogen (secondary N) is 2. The van der Waals surface area contributed by atoms with Gasteiger partial charge in [-0.25, -0.2) is 0 Å². The van der Waals surface area contributed by atoms with Crippen LogP contribution in [0, 0.1) is 0 Å². The monoisotopic (exact) mass is 285 g/mol. The summed E-state index contributed by atoms with van der Waals surface area (Å²) >= 11 is 0. The van der Waals surface area contributed by atoms with Crippen LogP contribution in [0.3, 0.4) is 0 Å². The lowest BCUT2D eigenvalue weighted by Gasteiger charge is -2.20. The summed E-state index contributed by atoms with van der Waals surface area (Å²) in [6, 6.07) is 5.90. The number of carbonyl (C=O) groups is 1. The van der Waals surface area contributed by atoms with E-state index in [1.165, 1.54) is 5.56 Å². The number of carbonyl (C=O) groups excluding carboxylic acids is 1. The van der Waals surface area contributed by atoms with E-state index in [0.29, 0.717) is 13.0 Å². The Balaban J connectivity index is 1.64. The molecule has 6 heteroatoms. The van der Waals surface area contributed by atoms with Crippen LogP contribution in [0.25, 0.3) is 0 Å². The number of para-hydroxylation sites is 1. The van der Waals surface area contributed by atoms with E-state index in [9.17, 15) is 4.79 Å². The fraction of sp³-hybridized carbons (Fsp3) is 0.400. The van der Waals surface area contributed by atoms with E-state index in [-0.39, 0.29) is 5.91 Å². The minimum atomic E-state index is -0.0385. The lowest BCUT2D eigenvalue weighted by Crippen LogP contribution is -2.28. The second kappa shape index (κ2) is 5.95. The van der Waals surface area contributed by atoms with Crippen molar-refractivity contribution >= 4 is 11.6 Å². The van der Waals surface area contributed by atoms with Crippen molar-refractivity contribution in [3.05, 3.63) is 41.5 Å². The molecule has 0 spiro atoms. The molecule has 0 fully saturated rings. The number of rotatable bonds is 4. The van der Waals surface area contributed by atoms with Crippen LogP contribution in [0.4, 0.5) is 5.69 Å². The first-order chi connectivity index (χ1) is 10.3. The molecule has 2 heterocycles. The van der Waals surface area contributed by atoms with Gasteiger partial charge in [0.15, 0.2) is 0 Å². The molecular weight excluding hydrogens is 266 g/mol. The number of hydrogen-bond acceptors (Lipinski definition) is 4. The average molecular weight is 285 g/mol. The molecule has 0 atom stereocenters. The van der Waals surface area contributed by atoms with Gasteiger partial charge in [-0.05, 0) is 24.5 Å². The molecule has 0 unspecified atom stereocenters. The third kappa shape index (κ3) is 2.89. The minimum Gasteiger partial charge on any atom is -0.384 e. The SMILES string of the molecule is Cn1cnnc1CCNC(=O)c1cccc2c1NCCC2. The first kappa shape index (κ1) is 13.6. The molecule has 0 saturated heterocycles. The van der Waals surface area contributed by atoms with Crippen molar-refractivity contribution in [1.29, 1.82) is 0 Å². The van der Waals surface area contributed by atoms with Crippen molar-refractivity contribution in [2.24, 2.45) is 7.05 Å². The largest absolute Gasteiger partial charge is 0.384 e. The van der Waals surface area contributed by atoms with Gasteiger partial charge in [0.1, 0.15) is 12.2 Å². The van der Waals surface area contributed by atoms with Gasteiger partial charge < -0.3 is 15.2 Å². The van der Waals surface area contributed by atoms with Crippen LogP contribution in [0.1, 0.15) is 28.2 Å². The summed E-state index contributed by atoms with van der Waals surface area (Å²) in [5, 5.41) is 14.1. The molecule has 6 nitrogen and oxygen atoms in total. The Morgan fingerprint density at radius 1 is 1.48 bits per heavy atom. The number of fused-ring (bicyclic) bond motifs is 1. The van der Waals surface area contributed by atoms with Gasteiger partial charge in [0.05, 0.1) is 11.3 Å². The number of nitrogens with zero attached hydrogens (tertiary/aromatic N) is 3. The highest BCUT2D eigenvalue weighted by Gasteiger charge is 2.17. The quantitative estimate of drug-likeness (QED) is 0.884. The highest BCUT2D eigenvalue weighted by Crippen LogP contribution is 2.25. The maximum Gasteiger partial charge on any atom is 0.253 e. The molecule has 1 aliphatic rings. The average Bonchev–Trinajstić information content (AvgIpc) is 2.92. The maximum atomic E-state index is 12.3. The standard InChI is InChI=1S/C15H19N5O/c1-20-10-18-19-13(20)7-9-17-15(21)12-6-2-4-11-5-3-8-16-14(11)12/h2,4,6,10,16H,3,5,7-9H2,1H3,(H,17,21). The number of benzene rings is 1. The molecule has 3 rings (SSSR count). The van der Waals surface area contributed by atoms with Crippen LogP contribution < -0.4 is 10.6 Å². The smallest absolute Gasteiger partial charge is 0.253 e. The van der Waals surface area contributed by atoms with Crippen molar-refractivity contribution in [1.82, 2.24) is 20.1 Å². The second-order valence-corrected chi connectivity index (χ2v) is 5.23. The van der Waals surface area contributed by atoms with Gasteiger partial charge in [-0.2, -0.15) is 0 Å². The Hall–Kier alpha value is -2.37. The van der Waals surface area contributed by atoms with Gasteiger partial charge in [0.25, 0.3) is 5.91 Å². The van der Waals surface area contributed by atoms with Gasteiger partial charge in [0, 0.05) is 26.6 Å². The van der Waals surface area contributed by atoms with Crippen molar-refractivity contribution in [2.45, 2.75) is 19.3 Å². The van der Waals surface area contributed by atoms with Crippen LogP contribution in [-0.4, -0.2) is 33.8 Å². The van der Waals surface area contributed by atoms with Gasteiger partial charge >= 0.3 is 0 Å². The highest BCUT2D eigenvalue weighted by atomic mass is 16.1. The fourth-order valence-corrected chi connectivity index (χ4v) is 2.62. The van der Waals surface area contributed by atoms with E-state index in [1.807, 2.05) is 23.7 Å². The zero-order chi connectivity index (χ0) is 14.7. The molecule has 2 N–H and O–H groups in total. The Morgan fingerprint density at radius 3 is 3.19 bits per heavy atom. The molecule has 0 radical (unpaired) electrons. The molecule has 1 aromatic carbocycles. The minimum absolute atomic E-state index is 0.0385. The number of anilines is 1. The van der Waals surface area contributed by atoms with E-state index < -0.39 is 0 Å². The molecule has 0 bridgehead atoms. The number of aromatic nitrogens is 3. The Labute approximate surface area is 123 Å². The second-order valence-electron chi connectivity index (χ2n) is 5.23. The van der Waals surface area contributed by atoms with Gasteiger partial charge in [-0.1, -0.05) is 12.1 Å². The van der Waals surface area contributed by atoms with Crippen molar-refractivity contribution in [3.63, 3.8) is 0 Å². The van der Waals surface area contributed by atoms with E-state index >= 15 is 0 Å². The van der Waals surface area contributed by atoms with Gasteiger partial charge in [0.2, 0.25) is 0 Å². The predicted octanol–water partition coefficient (Wildman–Crippen LogP) is 1.15. The molecule has 0 saturated carbocycles.